The van der Waals surface area contributed by atoms with Crippen LogP contribution in [0.1, 0.15) is 0 Å². The van der Waals surface area contributed by atoms with Gasteiger partial charge in [-0.1, -0.05) is 6.07 Å². The summed E-state index contributed by atoms with van der Waals surface area (Å²) in [5, 5.41) is 17.2. The van der Waals surface area contributed by atoms with Gasteiger partial charge in [-0.3, -0.25) is 20.1 Å². The highest BCUT2D eigenvalue weighted by atomic mass is 16.3. The van der Waals surface area contributed by atoms with Crippen LogP contribution in [0, 0.1) is 0 Å². The first-order valence-electron chi connectivity index (χ1n) is 9.52. The zero-order valence-corrected chi connectivity index (χ0v) is 16.0. The Morgan fingerprint density at radius 1 is 0.774 bits per heavy atom. The number of imidazole rings is 1. The van der Waals surface area contributed by atoms with Crippen molar-refractivity contribution in [3.05, 3.63) is 67.3 Å². The molecule has 0 fully saturated rings. The second-order valence-electron chi connectivity index (χ2n) is 6.95. The molecule has 6 heterocycles. The molecule has 9 heteroatoms. The lowest BCUT2D eigenvalue weighted by molar-refractivity contribution is 0.473. The molecule has 6 aromatic rings. The number of aromatic nitrogens is 8. The van der Waals surface area contributed by atoms with Gasteiger partial charge in [0.15, 0.2) is 11.5 Å². The highest BCUT2D eigenvalue weighted by Gasteiger charge is 2.17. The number of aromatic hydroxyl groups is 1. The van der Waals surface area contributed by atoms with E-state index in [-0.39, 0.29) is 5.75 Å². The molecule has 0 unspecified atom stereocenters. The number of pyridine rings is 4. The van der Waals surface area contributed by atoms with E-state index in [1.54, 1.807) is 24.7 Å². The minimum absolute atomic E-state index is 0.0821. The molecular formula is C22H14N8O. The third kappa shape index (κ3) is 2.87. The molecule has 31 heavy (non-hydrogen) atoms. The van der Waals surface area contributed by atoms with Gasteiger partial charge in [-0.2, -0.15) is 5.10 Å². The normalized spacial score (nSPS) is 11.4. The Labute approximate surface area is 174 Å². The van der Waals surface area contributed by atoms with Gasteiger partial charge in [-0.25, -0.2) is 9.97 Å². The third-order valence-electron chi connectivity index (χ3n) is 4.96. The lowest BCUT2D eigenvalue weighted by Crippen LogP contribution is -1.88. The molecule has 3 N–H and O–H groups in total. The number of fused-ring (bicyclic) bond motifs is 2. The number of aromatic amines is 2. The van der Waals surface area contributed by atoms with Gasteiger partial charge in [0.2, 0.25) is 0 Å². The predicted octanol–water partition coefficient (Wildman–Crippen LogP) is 3.73. The topological polar surface area (TPSA) is 129 Å². The summed E-state index contributed by atoms with van der Waals surface area (Å²) in [6.07, 6.45) is 6.49. The fourth-order valence-corrected chi connectivity index (χ4v) is 3.53. The first kappa shape index (κ1) is 17.2. The molecule has 0 aliphatic rings. The lowest BCUT2D eigenvalue weighted by Gasteiger charge is -2.01. The van der Waals surface area contributed by atoms with Crippen molar-refractivity contribution in [3.8, 4) is 39.9 Å². The zero-order chi connectivity index (χ0) is 20.8. The Morgan fingerprint density at radius 2 is 1.71 bits per heavy atom. The number of H-pyrrole nitrogens is 2. The highest BCUT2D eigenvalue weighted by molar-refractivity contribution is 5.94. The second-order valence-corrected chi connectivity index (χ2v) is 6.95. The predicted molar refractivity (Wildman–Crippen MR) is 115 cm³/mol. The van der Waals surface area contributed by atoms with E-state index in [1.807, 2.05) is 36.4 Å². The quantitative estimate of drug-likeness (QED) is 0.408. The number of nitrogens with one attached hydrogen (secondary N) is 2. The zero-order valence-electron chi connectivity index (χ0n) is 16.0. The van der Waals surface area contributed by atoms with E-state index in [0.29, 0.717) is 39.5 Å². The van der Waals surface area contributed by atoms with E-state index in [9.17, 15) is 5.11 Å². The van der Waals surface area contributed by atoms with E-state index in [4.69, 9.17) is 9.97 Å². The van der Waals surface area contributed by atoms with Crippen molar-refractivity contribution in [3.63, 3.8) is 0 Å². The summed E-state index contributed by atoms with van der Waals surface area (Å²) in [6, 6.07) is 12.9. The maximum absolute atomic E-state index is 9.75. The van der Waals surface area contributed by atoms with Crippen molar-refractivity contribution >= 4 is 22.1 Å². The summed E-state index contributed by atoms with van der Waals surface area (Å²) in [5.74, 6) is 0.656. The van der Waals surface area contributed by atoms with Gasteiger partial charge in [-0.15, -0.1) is 0 Å². The summed E-state index contributed by atoms with van der Waals surface area (Å²) in [6.45, 7) is 0. The van der Waals surface area contributed by atoms with Crippen LogP contribution < -0.4 is 0 Å². The largest absolute Gasteiger partial charge is 0.506 e. The van der Waals surface area contributed by atoms with Crippen LogP contribution >= 0.6 is 0 Å². The van der Waals surface area contributed by atoms with Gasteiger partial charge in [0.25, 0.3) is 0 Å². The summed E-state index contributed by atoms with van der Waals surface area (Å²) in [4.78, 5) is 25.7. The Bertz CT molecular complexity index is 1550. The van der Waals surface area contributed by atoms with Crippen LogP contribution in [0.2, 0.25) is 0 Å². The molecule has 148 valence electrons. The Hall–Kier alpha value is -4.66. The van der Waals surface area contributed by atoms with E-state index < -0.39 is 0 Å². The number of nitrogens with zero attached hydrogens (tertiary/aromatic N) is 6. The van der Waals surface area contributed by atoms with E-state index in [1.165, 1.54) is 6.20 Å². The number of hydrogen-bond acceptors (Lipinski definition) is 7. The monoisotopic (exact) mass is 406 g/mol. The molecule has 6 aromatic heterocycles. The van der Waals surface area contributed by atoms with Crippen molar-refractivity contribution < 1.29 is 5.11 Å². The first-order valence-corrected chi connectivity index (χ1v) is 9.52. The molecule has 0 radical (unpaired) electrons. The molecule has 0 saturated heterocycles. The molecule has 0 aromatic carbocycles. The summed E-state index contributed by atoms with van der Waals surface area (Å²) in [5.41, 5.74) is 6.38. The molecular weight excluding hydrogens is 392 g/mol. The standard InChI is InChI=1S/C22H14N8O/c31-13-9-12(10-23-11-13)14-4-5-17-20(26-14)21(30-29-17)22-27-16-6-8-25-18(19(16)28-22)15-3-1-2-7-24-15/h1-11,31H,(H,27,28)(H,29,30). The Kier molecular flexibility index (Phi) is 3.72. The van der Waals surface area contributed by atoms with Gasteiger partial charge in [0, 0.05) is 24.2 Å². The van der Waals surface area contributed by atoms with Crippen molar-refractivity contribution in [2.45, 2.75) is 0 Å². The molecule has 6 rings (SSSR count). The number of hydrogen-bond donors (Lipinski definition) is 3. The summed E-state index contributed by atoms with van der Waals surface area (Å²) < 4.78 is 0. The fraction of sp³-hybridized carbons (Fsp3) is 0. The smallest absolute Gasteiger partial charge is 0.161 e. The fourth-order valence-electron chi connectivity index (χ4n) is 3.53. The average Bonchev–Trinajstić information content (AvgIpc) is 3.43. The Morgan fingerprint density at radius 3 is 2.58 bits per heavy atom. The van der Waals surface area contributed by atoms with Crippen LogP contribution in [0.25, 0.3) is 56.2 Å². The van der Waals surface area contributed by atoms with Crippen molar-refractivity contribution in [2.75, 3.05) is 0 Å². The minimum atomic E-state index is 0.0821. The van der Waals surface area contributed by atoms with E-state index in [0.717, 1.165) is 16.7 Å². The molecule has 0 bridgehead atoms. The molecule has 0 atom stereocenters. The Balaban J connectivity index is 1.51. The average molecular weight is 406 g/mol. The van der Waals surface area contributed by atoms with Gasteiger partial charge in [0.05, 0.1) is 28.6 Å². The van der Waals surface area contributed by atoms with Gasteiger partial charge >= 0.3 is 0 Å². The van der Waals surface area contributed by atoms with Crippen LogP contribution in [0.3, 0.4) is 0 Å². The van der Waals surface area contributed by atoms with Gasteiger partial charge in [0.1, 0.15) is 22.5 Å². The SMILES string of the molecule is Oc1cncc(-c2ccc3[nH]nc(-c4nc5c(-c6ccccn6)nccc5[nH]4)c3n2)c1. The van der Waals surface area contributed by atoms with Crippen LogP contribution in [0.5, 0.6) is 5.75 Å². The molecule has 0 saturated carbocycles. The maximum atomic E-state index is 9.75. The molecule has 0 amide bonds. The lowest BCUT2D eigenvalue weighted by atomic mass is 10.1. The highest BCUT2D eigenvalue weighted by Crippen LogP contribution is 2.30. The molecule has 0 aliphatic carbocycles. The molecule has 0 spiro atoms. The van der Waals surface area contributed by atoms with Crippen molar-refractivity contribution in [1.82, 2.24) is 40.1 Å². The minimum Gasteiger partial charge on any atom is -0.506 e. The van der Waals surface area contributed by atoms with Gasteiger partial charge in [-0.05, 0) is 36.4 Å². The summed E-state index contributed by atoms with van der Waals surface area (Å²) >= 11 is 0. The third-order valence-corrected chi connectivity index (χ3v) is 4.96. The van der Waals surface area contributed by atoms with Gasteiger partial charge < -0.3 is 10.1 Å². The first-order chi connectivity index (χ1) is 15.3. The van der Waals surface area contributed by atoms with Crippen LogP contribution in [0.15, 0.2) is 67.3 Å². The van der Waals surface area contributed by atoms with Crippen LogP contribution in [0.4, 0.5) is 0 Å². The van der Waals surface area contributed by atoms with Crippen molar-refractivity contribution in [2.24, 2.45) is 0 Å². The van der Waals surface area contributed by atoms with E-state index in [2.05, 4.69) is 30.1 Å². The molecule has 9 nitrogen and oxygen atoms in total. The maximum Gasteiger partial charge on any atom is 0.161 e. The van der Waals surface area contributed by atoms with E-state index >= 15 is 0 Å². The van der Waals surface area contributed by atoms with Crippen LogP contribution in [-0.4, -0.2) is 45.2 Å². The van der Waals surface area contributed by atoms with Crippen LogP contribution in [-0.2, 0) is 0 Å². The molecule has 0 aliphatic heterocycles. The van der Waals surface area contributed by atoms with Crippen molar-refractivity contribution in [1.29, 1.82) is 0 Å². The number of rotatable bonds is 3. The second kappa shape index (κ2) is 6.70. The summed E-state index contributed by atoms with van der Waals surface area (Å²) in [7, 11) is 0.